The molecule has 0 aromatic heterocycles. The highest BCUT2D eigenvalue weighted by Gasteiger charge is 1.99. The van der Waals surface area contributed by atoms with Crippen molar-refractivity contribution < 1.29 is 1.43 Å². The number of hydrogen-bond donors (Lipinski definition) is 0. The maximum absolute atomic E-state index is 5.92. The molecular formula is C12H9Cl2+. The molecule has 14 heavy (non-hydrogen) atoms. The van der Waals surface area contributed by atoms with E-state index in [0.29, 0.717) is 10.0 Å². The molecule has 0 radical (unpaired) electrons. The molecule has 0 spiro atoms. The first-order valence-corrected chi connectivity index (χ1v) is 5.03. The van der Waals surface area contributed by atoms with Crippen LogP contribution in [-0.2, 0) is 0 Å². The van der Waals surface area contributed by atoms with Gasteiger partial charge in [-0.2, -0.15) is 0 Å². The Morgan fingerprint density at radius 3 is 1.86 bits per heavy atom. The van der Waals surface area contributed by atoms with Crippen LogP contribution in [0.4, 0.5) is 0 Å². The minimum absolute atomic E-state index is 0. The van der Waals surface area contributed by atoms with Crippen LogP contribution in [0.1, 0.15) is 1.43 Å². The molecule has 0 saturated carbocycles. The molecule has 0 unspecified atom stereocenters. The van der Waals surface area contributed by atoms with Gasteiger partial charge in [0, 0.05) is 10.0 Å². The lowest BCUT2D eigenvalue weighted by molar-refractivity contribution is 1.62. The summed E-state index contributed by atoms with van der Waals surface area (Å²) in [4.78, 5) is 0. The lowest BCUT2D eigenvalue weighted by Gasteiger charge is -2.02. The Hall–Kier alpha value is -0.980. The molecule has 0 aliphatic heterocycles. The maximum atomic E-state index is 5.92. The Morgan fingerprint density at radius 2 is 1.29 bits per heavy atom. The van der Waals surface area contributed by atoms with Crippen LogP contribution in [0, 0.1) is 0 Å². The molecule has 0 fully saturated rings. The van der Waals surface area contributed by atoms with E-state index < -0.39 is 0 Å². The van der Waals surface area contributed by atoms with Crippen molar-refractivity contribution in [2.45, 2.75) is 0 Å². The van der Waals surface area contributed by atoms with Crippen LogP contribution in [0.15, 0.2) is 48.5 Å². The topological polar surface area (TPSA) is 0 Å². The molecule has 0 aliphatic carbocycles. The number of hydrogen-bond acceptors (Lipinski definition) is 0. The number of rotatable bonds is 1. The van der Waals surface area contributed by atoms with E-state index in [2.05, 4.69) is 0 Å². The largest absolute Gasteiger partial charge is 1.00 e. The van der Waals surface area contributed by atoms with Crippen molar-refractivity contribution in [3.63, 3.8) is 0 Å². The van der Waals surface area contributed by atoms with Gasteiger partial charge in [0.15, 0.2) is 0 Å². The van der Waals surface area contributed by atoms with Gasteiger partial charge in [-0.15, -0.1) is 0 Å². The molecule has 70 valence electrons. The van der Waals surface area contributed by atoms with Crippen molar-refractivity contribution in [1.29, 1.82) is 0 Å². The fourth-order valence-corrected chi connectivity index (χ4v) is 1.88. The Morgan fingerprint density at radius 1 is 0.714 bits per heavy atom. The molecule has 0 saturated heterocycles. The second kappa shape index (κ2) is 4.04. The Kier molecular flexibility index (Phi) is 2.76. The van der Waals surface area contributed by atoms with E-state index in [-0.39, 0.29) is 1.43 Å². The molecule has 2 aromatic carbocycles. The molecule has 0 N–H and O–H groups in total. The first-order chi connectivity index (χ1) is 6.75. The van der Waals surface area contributed by atoms with Crippen LogP contribution < -0.4 is 0 Å². The monoisotopic (exact) mass is 223 g/mol. The molecule has 0 amide bonds. The third-order valence-electron chi connectivity index (χ3n) is 1.97. The van der Waals surface area contributed by atoms with Crippen LogP contribution in [-0.4, -0.2) is 0 Å². The molecule has 0 atom stereocenters. The summed E-state index contributed by atoms with van der Waals surface area (Å²) >= 11 is 11.8. The van der Waals surface area contributed by atoms with Crippen molar-refractivity contribution >= 4 is 23.2 Å². The van der Waals surface area contributed by atoms with Crippen LogP contribution in [0.5, 0.6) is 0 Å². The first kappa shape index (κ1) is 9.57. The molecule has 2 aromatic rings. The van der Waals surface area contributed by atoms with E-state index >= 15 is 0 Å². The predicted octanol–water partition coefficient (Wildman–Crippen LogP) is 4.77. The summed E-state index contributed by atoms with van der Waals surface area (Å²) in [5, 5.41) is 1.33. The highest BCUT2D eigenvalue weighted by atomic mass is 35.5. The van der Waals surface area contributed by atoms with E-state index in [9.17, 15) is 0 Å². The van der Waals surface area contributed by atoms with Gasteiger partial charge in [-0.05, 0) is 29.3 Å². The summed E-state index contributed by atoms with van der Waals surface area (Å²) in [6.07, 6.45) is 0. The molecular weight excluding hydrogens is 215 g/mol. The minimum atomic E-state index is 0. The summed E-state index contributed by atoms with van der Waals surface area (Å²) in [5.74, 6) is 0. The second-order valence-electron chi connectivity index (χ2n) is 3.02. The van der Waals surface area contributed by atoms with Crippen molar-refractivity contribution in [3.8, 4) is 11.1 Å². The smallest absolute Gasteiger partial charge is 0.0843 e. The van der Waals surface area contributed by atoms with E-state index in [1.807, 2.05) is 42.5 Å². The van der Waals surface area contributed by atoms with Crippen LogP contribution in [0.2, 0.25) is 10.0 Å². The van der Waals surface area contributed by atoms with Gasteiger partial charge in [0.05, 0.1) is 0 Å². The summed E-state index contributed by atoms with van der Waals surface area (Å²) in [7, 11) is 0. The normalized spacial score (nSPS) is 10.1. The standard InChI is InChI=1S/C12H8Cl2/c13-11-6-10(7-12(14)8-11)9-4-2-1-3-5-9/h1-8H/p+1. The van der Waals surface area contributed by atoms with E-state index in [4.69, 9.17) is 23.2 Å². The number of halogens is 2. The number of benzene rings is 2. The van der Waals surface area contributed by atoms with Crippen LogP contribution >= 0.6 is 23.2 Å². The molecule has 0 nitrogen and oxygen atoms in total. The lowest BCUT2D eigenvalue weighted by Crippen LogP contribution is -1.77. The first-order valence-electron chi connectivity index (χ1n) is 4.27. The minimum Gasteiger partial charge on any atom is -0.0843 e. The summed E-state index contributed by atoms with van der Waals surface area (Å²) in [6, 6.07) is 15.6. The molecule has 2 heteroatoms. The van der Waals surface area contributed by atoms with Crippen molar-refractivity contribution in [2.24, 2.45) is 0 Å². The quantitative estimate of drug-likeness (QED) is 0.654. The third-order valence-corrected chi connectivity index (χ3v) is 2.41. The Labute approximate surface area is 94.6 Å². The van der Waals surface area contributed by atoms with Gasteiger partial charge >= 0.3 is 1.43 Å². The van der Waals surface area contributed by atoms with Crippen molar-refractivity contribution in [2.75, 3.05) is 0 Å². The Bertz CT molecular complexity index is 420. The predicted molar refractivity (Wildman–Crippen MR) is 63.0 cm³/mol. The van der Waals surface area contributed by atoms with E-state index in [0.717, 1.165) is 11.1 Å². The average Bonchev–Trinajstić information content (AvgIpc) is 2.18. The van der Waals surface area contributed by atoms with Crippen LogP contribution in [0.3, 0.4) is 0 Å². The molecule has 0 heterocycles. The zero-order chi connectivity index (χ0) is 9.97. The zero-order valence-corrected chi connectivity index (χ0v) is 8.89. The zero-order valence-electron chi connectivity index (χ0n) is 8.37. The molecule has 0 aliphatic rings. The van der Waals surface area contributed by atoms with Gasteiger partial charge in [-0.3, -0.25) is 0 Å². The SMILES string of the molecule is Clc1cc(Cl)cc(-c2ccccc2)c1.[H+]. The third kappa shape index (κ3) is 2.09. The summed E-state index contributed by atoms with van der Waals surface area (Å²) in [6.45, 7) is 0. The van der Waals surface area contributed by atoms with Gasteiger partial charge < -0.3 is 0 Å². The van der Waals surface area contributed by atoms with Gasteiger partial charge in [0.1, 0.15) is 0 Å². The highest BCUT2D eigenvalue weighted by Crippen LogP contribution is 2.26. The fourth-order valence-electron chi connectivity index (χ4n) is 1.35. The van der Waals surface area contributed by atoms with Crippen molar-refractivity contribution in [1.82, 2.24) is 0 Å². The second-order valence-corrected chi connectivity index (χ2v) is 3.90. The highest BCUT2D eigenvalue weighted by molar-refractivity contribution is 6.35. The Balaban J connectivity index is 0.00000112. The van der Waals surface area contributed by atoms with Gasteiger partial charge in [0.2, 0.25) is 0 Å². The fraction of sp³-hybridized carbons (Fsp3) is 0. The van der Waals surface area contributed by atoms with Gasteiger partial charge in [-0.1, -0.05) is 53.5 Å². The average molecular weight is 224 g/mol. The van der Waals surface area contributed by atoms with Gasteiger partial charge in [0.25, 0.3) is 0 Å². The molecule has 2 rings (SSSR count). The lowest BCUT2D eigenvalue weighted by atomic mass is 10.1. The summed E-state index contributed by atoms with van der Waals surface area (Å²) in [5.41, 5.74) is 2.17. The maximum Gasteiger partial charge on any atom is 1.00 e. The van der Waals surface area contributed by atoms with Crippen LogP contribution in [0.25, 0.3) is 11.1 Å². The van der Waals surface area contributed by atoms with E-state index in [1.165, 1.54) is 0 Å². The molecule has 0 bridgehead atoms. The van der Waals surface area contributed by atoms with Gasteiger partial charge in [-0.25, -0.2) is 0 Å². The summed E-state index contributed by atoms with van der Waals surface area (Å²) < 4.78 is 0. The van der Waals surface area contributed by atoms with Crippen molar-refractivity contribution in [3.05, 3.63) is 58.6 Å². The van der Waals surface area contributed by atoms with E-state index in [1.54, 1.807) is 6.07 Å².